The molecule has 1 aromatic rings. The van der Waals surface area contributed by atoms with Crippen LogP contribution in [0, 0.1) is 5.82 Å². The summed E-state index contributed by atoms with van der Waals surface area (Å²) in [6.07, 6.45) is 3.53. The molecule has 19 heavy (non-hydrogen) atoms. The summed E-state index contributed by atoms with van der Waals surface area (Å²) in [4.78, 5) is 17.1. The molecule has 0 saturated heterocycles. The van der Waals surface area contributed by atoms with Crippen molar-refractivity contribution in [3.8, 4) is 0 Å². The van der Waals surface area contributed by atoms with E-state index in [1.165, 1.54) is 18.2 Å². The molecule has 0 atom stereocenters. The van der Waals surface area contributed by atoms with Crippen LogP contribution in [-0.2, 0) is 16.1 Å². The minimum Gasteiger partial charge on any atom is -0.456 e. The van der Waals surface area contributed by atoms with Gasteiger partial charge in [0.05, 0.1) is 17.9 Å². The maximum atomic E-state index is 13.7. The summed E-state index contributed by atoms with van der Waals surface area (Å²) < 4.78 is 18.6. The summed E-state index contributed by atoms with van der Waals surface area (Å²) in [6.45, 7) is 0.553. The maximum Gasteiger partial charge on any atom is 0.333 e. The molecule has 100 valence electrons. The van der Waals surface area contributed by atoms with Gasteiger partial charge in [-0.2, -0.15) is 0 Å². The Morgan fingerprint density at radius 1 is 1.47 bits per heavy atom. The number of carbonyl (C=O) groups excluding carboxylic acids is 1. The second-order valence-corrected chi connectivity index (χ2v) is 5.05. The Bertz CT molecular complexity index is 558. The summed E-state index contributed by atoms with van der Waals surface area (Å²) >= 11 is 5.79. The molecule has 1 aliphatic heterocycles. The van der Waals surface area contributed by atoms with Crippen molar-refractivity contribution in [1.29, 1.82) is 0 Å². The Labute approximate surface area is 114 Å². The molecule has 2 aliphatic rings. The molecule has 0 aromatic carbocycles. The molecule has 0 radical (unpaired) electrons. The van der Waals surface area contributed by atoms with Crippen LogP contribution >= 0.6 is 11.6 Å². The highest BCUT2D eigenvalue weighted by molar-refractivity contribution is 6.29. The van der Waals surface area contributed by atoms with E-state index in [0.29, 0.717) is 18.3 Å². The molecule has 4 nitrogen and oxygen atoms in total. The molecule has 2 heterocycles. The first kappa shape index (κ1) is 12.4. The number of pyridine rings is 1. The number of aromatic nitrogens is 1. The van der Waals surface area contributed by atoms with Crippen molar-refractivity contribution >= 4 is 17.6 Å². The SMILES string of the molecule is O=C1C=C(N(Cc2nc(Cl)ccc2F)C2CC2)CO1. The third-order valence-corrected chi connectivity index (χ3v) is 3.42. The van der Waals surface area contributed by atoms with Gasteiger partial charge in [0.15, 0.2) is 0 Å². The number of nitrogens with zero attached hydrogens (tertiary/aromatic N) is 2. The summed E-state index contributed by atoms with van der Waals surface area (Å²) in [6, 6.07) is 3.06. The minimum atomic E-state index is -0.388. The van der Waals surface area contributed by atoms with Crippen LogP contribution in [0.25, 0.3) is 0 Å². The summed E-state index contributed by atoms with van der Waals surface area (Å²) in [7, 11) is 0. The van der Waals surface area contributed by atoms with Gasteiger partial charge in [-0.15, -0.1) is 0 Å². The quantitative estimate of drug-likeness (QED) is 0.628. The fourth-order valence-electron chi connectivity index (χ4n) is 2.11. The number of hydrogen-bond donors (Lipinski definition) is 0. The largest absolute Gasteiger partial charge is 0.456 e. The second kappa shape index (κ2) is 4.81. The second-order valence-electron chi connectivity index (χ2n) is 4.66. The molecular weight excluding hydrogens is 271 g/mol. The van der Waals surface area contributed by atoms with Crippen LogP contribution in [0.4, 0.5) is 4.39 Å². The fourth-order valence-corrected chi connectivity index (χ4v) is 2.28. The number of halogens is 2. The van der Waals surface area contributed by atoms with Crippen molar-refractivity contribution in [2.24, 2.45) is 0 Å². The van der Waals surface area contributed by atoms with Gasteiger partial charge in [0, 0.05) is 12.1 Å². The highest BCUT2D eigenvalue weighted by atomic mass is 35.5. The fraction of sp³-hybridized carbons (Fsp3) is 0.385. The zero-order valence-corrected chi connectivity index (χ0v) is 10.9. The molecule has 0 N–H and O–H groups in total. The molecule has 1 saturated carbocycles. The molecule has 6 heteroatoms. The van der Waals surface area contributed by atoms with Crippen LogP contribution < -0.4 is 0 Å². The van der Waals surface area contributed by atoms with Gasteiger partial charge in [0.1, 0.15) is 17.6 Å². The van der Waals surface area contributed by atoms with Gasteiger partial charge in [-0.1, -0.05) is 11.6 Å². The first-order valence-corrected chi connectivity index (χ1v) is 6.46. The van der Waals surface area contributed by atoms with Crippen molar-refractivity contribution in [3.63, 3.8) is 0 Å². The van der Waals surface area contributed by atoms with Gasteiger partial charge >= 0.3 is 5.97 Å². The standard InChI is InChI=1S/C13H12ClFN2O2/c14-12-4-3-10(15)11(16-12)6-17(8-1-2-8)9-5-13(18)19-7-9/h3-5,8H,1-2,6-7H2. The molecule has 0 amide bonds. The summed E-state index contributed by atoms with van der Waals surface area (Å²) in [5.74, 6) is -0.735. The van der Waals surface area contributed by atoms with E-state index in [2.05, 4.69) is 4.98 Å². The molecule has 1 aromatic heterocycles. The van der Waals surface area contributed by atoms with E-state index in [-0.39, 0.29) is 23.5 Å². The number of esters is 1. The molecule has 3 rings (SSSR count). The van der Waals surface area contributed by atoms with Gasteiger partial charge in [-0.25, -0.2) is 14.2 Å². The molecule has 0 spiro atoms. The number of ether oxygens (including phenoxy) is 1. The molecule has 0 bridgehead atoms. The predicted molar refractivity (Wildman–Crippen MR) is 66.8 cm³/mol. The average Bonchev–Trinajstić information content (AvgIpc) is 3.13. The van der Waals surface area contributed by atoms with Gasteiger partial charge in [-0.3, -0.25) is 0 Å². The minimum absolute atomic E-state index is 0.248. The van der Waals surface area contributed by atoms with Gasteiger partial charge in [0.25, 0.3) is 0 Å². The molecule has 0 unspecified atom stereocenters. The van der Waals surface area contributed by atoms with E-state index < -0.39 is 0 Å². The first-order valence-electron chi connectivity index (χ1n) is 6.08. The molecule has 1 aliphatic carbocycles. The van der Waals surface area contributed by atoms with E-state index in [4.69, 9.17) is 16.3 Å². The summed E-state index contributed by atoms with van der Waals surface area (Å²) in [5.41, 5.74) is 1.08. The molecule has 1 fully saturated rings. The summed E-state index contributed by atoms with van der Waals surface area (Å²) in [5, 5.41) is 0.264. The Hall–Kier alpha value is -1.62. The third-order valence-electron chi connectivity index (χ3n) is 3.21. The van der Waals surface area contributed by atoms with Crippen LogP contribution in [0.5, 0.6) is 0 Å². The normalized spacial score (nSPS) is 18.2. The average molecular weight is 283 g/mol. The lowest BCUT2D eigenvalue weighted by Crippen LogP contribution is -2.26. The van der Waals surface area contributed by atoms with Crippen LogP contribution in [-0.4, -0.2) is 28.5 Å². The number of rotatable bonds is 4. The highest BCUT2D eigenvalue weighted by Crippen LogP contribution is 2.33. The smallest absolute Gasteiger partial charge is 0.333 e. The monoisotopic (exact) mass is 282 g/mol. The lowest BCUT2D eigenvalue weighted by molar-refractivity contribution is -0.135. The first-order chi connectivity index (χ1) is 9.13. The van der Waals surface area contributed by atoms with E-state index in [0.717, 1.165) is 18.5 Å². The lowest BCUT2D eigenvalue weighted by Gasteiger charge is -2.24. The predicted octanol–water partition coefficient (Wildman–Crippen LogP) is 2.28. The van der Waals surface area contributed by atoms with Crippen LogP contribution in [0.3, 0.4) is 0 Å². The Morgan fingerprint density at radius 2 is 2.26 bits per heavy atom. The number of carbonyl (C=O) groups is 1. The zero-order valence-electron chi connectivity index (χ0n) is 10.1. The number of hydrogen-bond acceptors (Lipinski definition) is 4. The van der Waals surface area contributed by atoms with Crippen LogP contribution in [0.2, 0.25) is 5.15 Å². The van der Waals surface area contributed by atoms with Crippen molar-refractivity contribution in [2.45, 2.75) is 25.4 Å². The third kappa shape index (κ3) is 2.71. The van der Waals surface area contributed by atoms with E-state index in [9.17, 15) is 9.18 Å². The number of cyclic esters (lactones) is 1. The van der Waals surface area contributed by atoms with Crippen molar-refractivity contribution in [2.75, 3.05) is 6.61 Å². The van der Waals surface area contributed by atoms with Crippen LogP contribution in [0.1, 0.15) is 18.5 Å². The van der Waals surface area contributed by atoms with Crippen molar-refractivity contribution < 1.29 is 13.9 Å². The Balaban J connectivity index is 1.84. The van der Waals surface area contributed by atoms with Crippen molar-refractivity contribution in [1.82, 2.24) is 9.88 Å². The Morgan fingerprint density at radius 3 is 2.89 bits per heavy atom. The topological polar surface area (TPSA) is 42.4 Å². The van der Waals surface area contributed by atoms with Gasteiger partial charge < -0.3 is 9.64 Å². The van der Waals surface area contributed by atoms with E-state index in [1.54, 1.807) is 0 Å². The maximum absolute atomic E-state index is 13.7. The van der Waals surface area contributed by atoms with Gasteiger partial charge in [0.2, 0.25) is 0 Å². The zero-order chi connectivity index (χ0) is 13.4. The lowest BCUT2D eigenvalue weighted by atomic mass is 10.2. The van der Waals surface area contributed by atoms with Gasteiger partial charge in [-0.05, 0) is 25.0 Å². The molecular formula is C13H12ClFN2O2. The van der Waals surface area contributed by atoms with Crippen LogP contribution in [0.15, 0.2) is 23.9 Å². The highest BCUT2D eigenvalue weighted by Gasteiger charge is 2.33. The van der Waals surface area contributed by atoms with E-state index in [1.807, 2.05) is 4.90 Å². The Kier molecular flexibility index (Phi) is 3.14. The van der Waals surface area contributed by atoms with E-state index >= 15 is 0 Å². The van der Waals surface area contributed by atoms with Crippen molar-refractivity contribution in [3.05, 3.63) is 40.6 Å².